The molecular weight excluding hydrogens is 630 g/mol. The van der Waals surface area contributed by atoms with Crippen molar-refractivity contribution in [3.8, 4) is 0 Å². The Hall–Kier alpha value is -3.91. The van der Waals surface area contributed by atoms with Crippen LogP contribution in [0.2, 0.25) is 0 Å². The average molecular weight is 690 g/mol. The molecule has 7 N–H and O–H groups in total. The van der Waals surface area contributed by atoms with Crippen LogP contribution in [0.15, 0.2) is 10.3 Å². The molecule has 1 aliphatic carbocycles. The fourth-order valence-electron chi connectivity index (χ4n) is 6.66. The van der Waals surface area contributed by atoms with Gasteiger partial charge in [0, 0.05) is 25.4 Å². The van der Waals surface area contributed by atoms with Gasteiger partial charge in [0.15, 0.2) is 0 Å². The van der Waals surface area contributed by atoms with Crippen LogP contribution < -0.4 is 27.0 Å². The molecule has 0 spiro atoms. The molecule has 0 aromatic rings. The summed E-state index contributed by atoms with van der Waals surface area (Å²) >= 11 is 0. The summed E-state index contributed by atoms with van der Waals surface area (Å²) in [7, 11) is 0. The SMILES string of the molecule is CCCC(NC(=O)[C@@H]1[C@H]2CCC[C@H]2CN1C(=O)[C@@H](NC(=O)[C@H](NC(=O)CCCC/C(N)=N/N=N)C(C)C)C(C)C)C(=O)C(=O)N[C@H](C)CC. The second-order valence-electron chi connectivity index (χ2n) is 14.2. The zero-order valence-corrected chi connectivity index (χ0v) is 30.3. The van der Waals surface area contributed by atoms with Crippen LogP contribution in [0.4, 0.5) is 0 Å². The van der Waals surface area contributed by atoms with Crippen molar-refractivity contribution in [2.75, 3.05) is 6.54 Å². The third kappa shape index (κ3) is 11.9. The van der Waals surface area contributed by atoms with Crippen LogP contribution in [0.1, 0.15) is 113 Å². The van der Waals surface area contributed by atoms with E-state index in [2.05, 4.69) is 31.6 Å². The van der Waals surface area contributed by atoms with Crippen molar-refractivity contribution < 1.29 is 28.8 Å². The lowest BCUT2D eigenvalue weighted by molar-refractivity contribution is -0.145. The number of nitrogens with two attached hydrogens (primary N) is 1. The Bertz CT molecular complexity index is 1220. The number of rotatable bonds is 20. The van der Waals surface area contributed by atoms with E-state index in [1.54, 1.807) is 25.7 Å². The molecule has 0 radical (unpaired) electrons. The minimum Gasteiger partial charge on any atom is -0.386 e. The summed E-state index contributed by atoms with van der Waals surface area (Å²) in [6.07, 6.45) is 5.65. The third-order valence-corrected chi connectivity index (χ3v) is 9.63. The summed E-state index contributed by atoms with van der Waals surface area (Å²) < 4.78 is 0. The second-order valence-corrected chi connectivity index (χ2v) is 14.2. The number of unbranched alkanes of at least 4 members (excludes halogenated alkanes) is 1. The van der Waals surface area contributed by atoms with Gasteiger partial charge in [-0.25, -0.2) is 0 Å². The second kappa shape index (κ2) is 19.9. The number of ketones is 1. The molecule has 1 saturated heterocycles. The first-order chi connectivity index (χ1) is 23.2. The normalized spacial score (nSPS) is 21.4. The van der Waals surface area contributed by atoms with Gasteiger partial charge >= 0.3 is 0 Å². The molecule has 0 aromatic carbocycles. The van der Waals surface area contributed by atoms with Crippen LogP contribution in [0.3, 0.4) is 0 Å². The summed E-state index contributed by atoms with van der Waals surface area (Å²) in [6.45, 7) is 13.2. The molecule has 15 heteroatoms. The van der Waals surface area contributed by atoms with Crippen molar-refractivity contribution in [2.45, 2.75) is 143 Å². The number of amides is 5. The molecule has 276 valence electrons. The molecule has 1 saturated carbocycles. The maximum atomic E-state index is 14.2. The molecular formula is C34H59N9O6. The number of carbonyl (C=O) groups is 6. The van der Waals surface area contributed by atoms with Gasteiger partial charge in [-0.1, -0.05) is 59.6 Å². The van der Waals surface area contributed by atoms with Crippen molar-refractivity contribution in [1.29, 1.82) is 5.53 Å². The van der Waals surface area contributed by atoms with Crippen molar-refractivity contribution in [1.82, 2.24) is 26.2 Å². The van der Waals surface area contributed by atoms with Gasteiger partial charge in [0.05, 0.1) is 6.04 Å². The van der Waals surface area contributed by atoms with E-state index in [0.717, 1.165) is 19.3 Å². The number of amidine groups is 1. The maximum Gasteiger partial charge on any atom is 0.289 e. The number of hydrogen-bond acceptors (Lipinski definition) is 8. The predicted octanol–water partition coefficient (Wildman–Crippen LogP) is 2.53. The summed E-state index contributed by atoms with van der Waals surface area (Å²) in [5, 5.41) is 17.5. The van der Waals surface area contributed by atoms with Crippen LogP contribution in [0, 0.1) is 29.2 Å². The summed E-state index contributed by atoms with van der Waals surface area (Å²) in [6, 6.07) is -3.89. The zero-order valence-electron chi connectivity index (χ0n) is 30.3. The topological polar surface area (TPSA) is 228 Å². The number of nitrogens with one attached hydrogen (secondary N) is 5. The molecule has 1 aliphatic heterocycles. The van der Waals surface area contributed by atoms with Crippen LogP contribution in [-0.4, -0.2) is 82.8 Å². The molecule has 0 bridgehead atoms. The highest BCUT2D eigenvalue weighted by atomic mass is 16.2. The van der Waals surface area contributed by atoms with Crippen molar-refractivity contribution in [3.63, 3.8) is 0 Å². The lowest BCUT2D eigenvalue weighted by Crippen LogP contribution is -2.60. The number of nitrogens with zero attached hydrogens (tertiary/aromatic N) is 3. The van der Waals surface area contributed by atoms with E-state index in [9.17, 15) is 28.8 Å². The molecule has 49 heavy (non-hydrogen) atoms. The Morgan fingerprint density at radius 2 is 1.53 bits per heavy atom. The van der Waals surface area contributed by atoms with Gasteiger partial charge in [0.1, 0.15) is 24.0 Å². The highest BCUT2D eigenvalue weighted by Crippen LogP contribution is 2.42. The zero-order chi connectivity index (χ0) is 36.8. The van der Waals surface area contributed by atoms with E-state index in [4.69, 9.17) is 11.3 Å². The van der Waals surface area contributed by atoms with Crippen molar-refractivity contribution in [3.05, 3.63) is 0 Å². The minimum atomic E-state index is -1.01. The van der Waals surface area contributed by atoms with E-state index in [1.807, 2.05) is 27.7 Å². The third-order valence-electron chi connectivity index (χ3n) is 9.63. The number of carbonyl (C=O) groups excluding carboxylic acids is 6. The number of hydrogen-bond donors (Lipinski definition) is 6. The molecule has 5 amide bonds. The van der Waals surface area contributed by atoms with Crippen LogP contribution >= 0.6 is 0 Å². The predicted molar refractivity (Wildman–Crippen MR) is 185 cm³/mol. The van der Waals surface area contributed by atoms with Gasteiger partial charge in [-0.15, -0.1) is 5.10 Å². The molecule has 0 aromatic heterocycles. The number of fused-ring (bicyclic) bond motifs is 1. The maximum absolute atomic E-state index is 14.2. The summed E-state index contributed by atoms with van der Waals surface area (Å²) in [5.74, 6) is -3.49. The van der Waals surface area contributed by atoms with E-state index < -0.39 is 53.6 Å². The van der Waals surface area contributed by atoms with Gasteiger partial charge in [-0.3, -0.25) is 28.8 Å². The average Bonchev–Trinajstić information content (AvgIpc) is 3.65. The van der Waals surface area contributed by atoms with Crippen molar-refractivity contribution >= 4 is 41.2 Å². The molecule has 2 rings (SSSR count). The highest BCUT2D eigenvalue weighted by molar-refractivity contribution is 6.38. The van der Waals surface area contributed by atoms with E-state index in [-0.39, 0.29) is 54.3 Å². The number of Topliss-reactive ketones (excluding diaryl/α,β-unsaturated/α-hetero) is 1. The van der Waals surface area contributed by atoms with Gasteiger partial charge in [-0.05, 0) is 69.1 Å². The monoisotopic (exact) mass is 689 g/mol. The first-order valence-electron chi connectivity index (χ1n) is 17.9. The molecule has 15 nitrogen and oxygen atoms in total. The highest BCUT2D eigenvalue weighted by Gasteiger charge is 2.51. The van der Waals surface area contributed by atoms with E-state index in [0.29, 0.717) is 38.6 Å². The van der Waals surface area contributed by atoms with Crippen molar-refractivity contribution in [2.24, 2.45) is 39.7 Å². The summed E-state index contributed by atoms with van der Waals surface area (Å²) in [5.41, 5.74) is 12.4. The molecule has 1 heterocycles. The first-order valence-corrected chi connectivity index (χ1v) is 17.9. The van der Waals surface area contributed by atoms with Crippen LogP contribution in [0.25, 0.3) is 0 Å². The Balaban J connectivity index is 2.19. The smallest absolute Gasteiger partial charge is 0.289 e. The van der Waals surface area contributed by atoms with E-state index in [1.165, 1.54) is 0 Å². The fourth-order valence-corrected chi connectivity index (χ4v) is 6.66. The largest absolute Gasteiger partial charge is 0.386 e. The Labute approximate surface area is 290 Å². The van der Waals surface area contributed by atoms with Gasteiger partial charge in [0.25, 0.3) is 5.91 Å². The standard InChI is InChI=1S/C34H59N9O6/c1-8-13-24(30(45)33(48)37-21(7)9-2)38-32(47)29-23-15-12-14-22(23)18-43(29)34(49)28(20(5)6)40-31(46)27(19(3)4)39-26(44)17-11-10-16-25(35)41-42-36/h19-24,27-29H,8-18H2,1-7H3,(H,37,48)(H,38,47)(H,39,44)(H,40,46)(H3,35,36,41)/t21-,22+,23+,24?,27-,28+,29+/m1/s1. The Kier molecular flexibility index (Phi) is 16.8. The molecule has 2 aliphatic rings. The molecule has 7 atom stereocenters. The fraction of sp³-hybridized carbons (Fsp3) is 0.794. The Morgan fingerprint density at radius 1 is 0.878 bits per heavy atom. The first kappa shape index (κ1) is 41.3. The molecule has 2 fully saturated rings. The van der Waals surface area contributed by atoms with Gasteiger partial charge in [0.2, 0.25) is 29.4 Å². The quantitative estimate of drug-likeness (QED) is 0.0279. The summed E-state index contributed by atoms with van der Waals surface area (Å²) in [4.78, 5) is 81.9. The number of likely N-dealkylation sites (tertiary alicyclic amines) is 1. The van der Waals surface area contributed by atoms with Gasteiger partial charge in [-0.2, -0.15) is 5.53 Å². The lowest BCUT2D eigenvalue weighted by Gasteiger charge is -2.34. The molecule has 1 unspecified atom stereocenters. The van der Waals surface area contributed by atoms with Gasteiger partial charge < -0.3 is 31.9 Å². The van der Waals surface area contributed by atoms with E-state index >= 15 is 0 Å². The van der Waals surface area contributed by atoms with Crippen LogP contribution in [-0.2, 0) is 28.8 Å². The lowest BCUT2D eigenvalue weighted by atomic mass is 9.92. The Morgan fingerprint density at radius 3 is 2.12 bits per heavy atom. The minimum absolute atomic E-state index is 0.0931. The van der Waals surface area contributed by atoms with Crippen LogP contribution in [0.5, 0.6) is 0 Å².